The van der Waals surface area contributed by atoms with Gasteiger partial charge in [-0.15, -0.1) is 0 Å². The summed E-state index contributed by atoms with van der Waals surface area (Å²) in [6, 6.07) is 0. The van der Waals surface area contributed by atoms with Crippen LogP contribution in [0, 0.1) is 5.41 Å². The van der Waals surface area contributed by atoms with Gasteiger partial charge in [-0.3, -0.25) is 0 Å². The number of hydrogen-bond acceptors (Lipinski definition) is 2. The molecule has 0 bridgehead atoms. The molecular formula is C9H18BrNO. The number of alkyl halides is 1. The highest BCUT2D eigenvalue weighted by atomic mass is 79.9. The maximum Gasteiger partial charge on any atom is 0.0558 e. The van der Waals surface area contributed by atoms with Crippen molar-refractivity contribution in [3.05, 3.63) is 0 Å². The van der Waals surface area contributed by atoms with E-state index in [-0.39, 0.29) is 6.61 Å². The van der Waals surface area contributed by atoms with Crippen molar-refractivity contribution in [1.29, 1.82) is 0 Å². The van der Waals surface area contributed by atoms with Gasteiger partial charge in [0.15, 0.2) is 0 Å². The molecule has 3 heteroatoms. The highest BCUT2D eigenvalue weighted by Gasteiger charge is 2.42. The van der Waals surface area contributed by atoms with Crippen molar-refractivity contribution in [3.8, 4) is 0 Å². The van der Waals surface area contributed by atoms with Gasteiger partial charge in [0, 0.05) is 18.4 Å². The Kier molecular flexibility index (Phi) is 4.00. The summed E-state index contributed by atoms with van der Waals surface area (Å²) < 4.78 is 0. The molecule has 0 aromatic carbocycles. The van der Waals surface area contributed by atoms with Gasteiger partial charge in [0.25, 0.3) is 0 Å². The zero-order valence-electron chi connectivity index (χ0n) is 7.72. The molecule has 1 fully saturated rings. The molecule has 2 nitrogen and oxygen atoms in total. The molecule has 1 saturated carbocycles. The summed E-state index contributed by atoms with van der Waals surface area (Å²) in [7, 11) is 0. The van der Waals surface area contributed by atoms with Gasteiger partial charge in [-0.1, -0.05) is 22.9 Å². The largest absolute Gasteiger partial charge is 0.395 e. The molecule has 0 aliphatic heterocycles. The molecule has 1 rings (SSSR count). The lowest BCUT2D eigenvalue weighted by atomic mass is 10.1. The molecule has 1 N–H and O–H groups in total. The maximum atomic E-state index is 8.80. The molecule has 0 heterocycles. The van der Waals surface area contributed by atoms with Crippen LogP contribution in [0.3, 0.4) is 0 Å². The fourth-order valence-corrected chi connectivity index (χ4v) is 2.21. The molecule has 0 saturated heterocycles. The van der Waals surface area contributed by atoms with Gasteiger partial charge in [-0.25, -0.2) is 0 Å². The Hall–Kier alpha value is 0.400. The summed E-state index contributed by atoms with van der Waals surface area (Å²) >= 11 is 3.55. The van der Waals surface area contributed by atoms with E-state index in [0.717, 1.165) is 25.0 Å². The predicted octanol–water partition coefficient (Wildman–Crippen LogP) is 1.48. The van der Waals surface area contributed by atoms with E-state index in [1.807, 2.05) is 0 Å². The number of halogens is 1. The Morgan fingerprint density at radius 1 is 1.50 bits per heavy atom. The molecule has 72 valence electrons. The lowest BCUT2D eigenvalue weighted by molar-refractivity contribution is 0.181. The molecule has 0 spiro atoms. The van der Waals surface area contributed by atoms with Crippen LogP contribution in [0.1, 0.15) is 19.8 Å². The zero-order valence-corrected chi connectivity index (χ0v) is 9.31. The van der Waals surface area contributed by atoms with Crippen LogP contribution in [0.2, 0.25) is 0 Å². The lowest BCUT2D eigenvalue weighted by Crippen LogP contribution is -2.33. The van der Waals surface area contributed by atoms with Gasteiger partial charge in [-0.2, -0.15) is 0 Å². The minimum absolute atomic E-state index is 0.284. The number of aliphatic hydroxyl groups excluding tert-OH is 1. The number of hydrogen-bond donors (Lipinski definition) is 1. The molecule has 0 atom stereocenters. The minimum Gasteiger partial charge on any atom is -0.395 e. The van der Waals surface area contributed by atoms with Crippen LogP contribution in [0.25, 0.3) is 0 Å². The molecule has 0 aromatic heterocycles. The molecule has 0 radical (unpaired) electrons. The van der Waals surface area contributed by atoms with Crippen LogP contribution in [0.15, 0.2) is 0 Å². The number of aliphatic hydroxyl groups is 1. The van der Waals surface area contributed by atoms with Crippen molar-refractivity contribution < 1.29 is 5.11 Å². The van der Waals surface area contributed by atoms with E-state index in [9.17, 15) is 0 Å². The Bertz CT molecular complexity index is 136. The van der Waals surface area contributed by atoms with Gasteiger partial charge in [0.2, 0.25) is 0 Å². The van der Waals surface area contributed by atoms with Crippen molar-refractivity contribution in [3.63, 3.8) is 0 Å². The molecule has 0 unspecified atom stereocenters. The molecular weight excluding hydrogens is 218 g/mol. The third-order valence-electron chi connectivity index (χ3n) is 2.66. The van der Waals surface area contributed by atoms with Crippen LogP contribution in [0.5, 0.6) is 0 Å². The summed E-state index contributed by atoms with van der Waals surface area (Å²) in [5.41, 5.74) is 0.547. The maximum absolute atomic E-state index is 8.80. The molecule has 0 aromatic rings. The van der Waals surface area contributed by atoms with E-state index in [1.165, 1.54) is 12.8 Å². The highest BCUT2D eigenvalue weighted by Crippen LogP contribution is 2.47. The van der Waals surface area contributed by atoms with Crippen LogP contribution < -0.4 is 0 Å². The Morgan fingerprint density at radius 3 is 2.50 bits per heavy atom. The quantitative estimate of drug-likeness (QED) is 0.706. The van der Waals surface area contributed by atoms with E-state index < -0.39 is 0 Å². The fraction of sp³-hybridized carbons (Fsp3) is 1.00. The first-order chi connectivity index (χ1) is 5.76. The molecule has 12 heavy (non-hydrogen) atoms. The van der Waals surface area contributed by atoms with Crippen LogP contribution in [-0.4, -0.2) is 41.6 Å². The average molecular weight is 236 g/mol. The SMILES string of the molecule is CCN(CCO)CC1(CBr)CC1. The van der Waals surface area contributed by atoms with Gasteiger partial charge < -0.3 is 10.0 Å². The normalized spacial score (nSPS) is 20.0. The fourth-order valence-electron chi connectivity index (χ4n) is 1.48. The molecule has 1 aliphatic carbocycles. The average Bonchev–Trinajstić information content (AvgIpc) is 2.85. The van der Waals surface area contributed by atoms with Gasteiger partial charge in [-0.05, 0) is 24.8 Å². The van der Waals surface area contributed by atoms with E-state index in [1.54, 1.807) is 0 Å². The summed E-state index contributed by atoms with van der Waals surface area (Å²) in [5.74, 6) is 0. The topological polar surface area (TPSA) is 23.5 Å². The van der Waals surface area contributed by atoms with Crippen molar-refractivity contribution >= 4 is 15.9 Å². The first kappa shape index (κ1) is 10.5. The Morgan fingerprint density at radius 2 is 2.17 bits per heavy atom. The first-order valence-corrected chi connectivity index (χ1v) is 5.77. The summed E-state index contributed by atoms with van der Waals surface area (Å²) in [6.45, 7) is 5.46. The smallest absolute Gasteiger partial charge is 0.0558 e. The zero-order chi connectivity index (χ0) is 9.03. The van der Waals surface area contributed by atoms with Gasteiger partial charge >= 0.3 is 0 Å². The van der Waals surface area contributed by atoms with Gasteiger partial charge in [0.1, 0.15) is 0 Å². The van der Waals surface area contributed by atoms with Crippen LogP contribution in [0.4, 0.5) is 0 Å². The third kappa shape index (κ3) is 2.71. The van der Waals surface area contributed by atoms with Gasteiger partial charge in [0.05, 0.1) is 6.61 Å². The first-order valence-electron chi connectivity index (χ1n) is 4.65. The van der Waals surface area contributed by atoms with E-state index in [2.05, 4.69) is 27.8 Å². The monoisotopic (exact) mass is 235 g/mol. The van der Waals surface area contributed by atoms with Crippen molar-refractivity contribution in [1.82, 2.24) is 4.90 Å². The summed E-state index contributed by atoms with van der Waals surface area (Å²) in [6.07, 6.45) is 2.69. The predicted molar refractivity (Wildman–Crippen MR) is 54.7 cm³/mol. The standard InChI is InChI=1S/C9H18BrNO/c1-2-11(5-6-12)8-9(7-10)3-4-9/h12H,2-8H2,1H3. The molecule has 1 aliphatic rings. The Labute approximate surface area is 83.1 Å². The minimum atomic E-state index is 0.284. The van der Waals surface area contributed by atoms with E-state index in [0.29, 0.717) is 5.41 Å². The second kappa shape index (κ2) is 4.58. The third-order valence-corrected chi connectivity index (χ3v) is 3.85. The highest BCUT2D eigenvalue weighted by molar-refractivity contribution is 9.09. The summed E-state index contributed by atoms with van der Waals surface area (Å²) in [5, 5.41) is 9.92. The van der Waals surface area contributed by atoms with E-state index in [4.69, 9.17) is 5.11 Å². The number of rotatable bonds is 6. The number of nitrogens with zero attached hydrogens (tertiary/aromatic N) is 1. The van der Waals surface area contributed by atoms with Crippen molar-refractivity contribution in [2.45, 2.75) is 19.8 Å². The summed E-state index contributed by atoms with van der Waals surface area (Å²) in [4.78, 5) is 2.33. The second-order valence-electron chi connectivity index (χ2n) is 3.73. The van der Waals surface area contributed by atoms with Crippen LogP contribution >= 0.6 is 15.9 Å². The van der Waals surface area contributed by atoms with Crippen molar-refractivity contribution in [2.24, 2.45) is 5.41 Å². The van der Waals surface area contributed by atoms with Crippen LogP contribution in [-0.2, 0) is 0 Å². The number of likely N-dealkylation sites (N-methyl/N-ethyl adjacent to an activating group) is 1. The van der Waals surface area contributed by atoms with Crippen molar-refractivity contribution in [2.75, 3.05) is 31.6 Å². The Balaban J connectivity index is 2.26. The molecule has 0 amide bonds. The lowest BCUT2D eigenvalue weighted by Gasteiger charge is -2.24. The van der Waals surface area contributed by atoms with E-state index >= 15 is 0 Å². The second-order valence-corrected chi connectivity index (χ2v) is 4.29.